The highest BCUT2D eigenvalue weighted by molar-refractivity contribution is 6.01. The fourth-order valence-corrected chi connectivity index (χ4v) is 2.49. The Bertz CT molecular complexity index is 1080. The van der Waals surface area contributed by atoms with Crippen LogP contribution in [0.3, 0.4) is 0 Å². The second kappa shape index (κ2) is 8.42. The number of para-hydroxylation sites is 1. The molecular formula is C20H14N4O4. The molecule has 0 fully saturated rings. The fraction of sp³-hybridized carbons (Fsp3) is 0.0500. The topological polar surface area (TPSA) is 122 Å². The van der Waals surface area contributed by atoms with E-state index in [0.29, 0.717) is 5.56 Å². The van der Waals surface area contributed by atoms with Crippen LogP contribution in [0.1, 0.15) is 11.3 Å². The van der Waals surface area contributed by atoms with Crippen molar-refractivity contribution < 1.29 is 14.1 Å². The van der Waals surface area contributed by atoms with E-state index in [4.69, 9.17) is 4.42 Å². The summed E-state index contributed by atoms with van der Waals surface area (Å²) in [5, 5.41) is 23.1. The Kier molecular flexibility index (Phi) is 5.58. The van der Waals surface area contributed by atoms with Crippen molar-refractivity contribution >= 4 is 17.7 Å². The SMILES string of the molecule is N#C/C(=C\c1ccc(-c2ccccc2[N+](=O)[O-])o1)C(=O)NCc1cccnc1. The zero-order valence-electron chi connectivity index (χ0n) is 14.5. The molecule has 28 heavy (non-hydrogen) atoms. The van der Waals surface area contributed by atoms with Crippen molar-refractivity contribution in [1.82, 2.24) is 10.3 Å². The summed E-state index contributed by atoms with van der Waals surface area (Å²) in [7, 11) is 0. The molecule has 0 aliphatic rings. The molecule has 0 saturated heterocycles. The van der Waals surface area contributed by atoms with Crippen molar-refractivity contribution in [3.63, 3.8) is 0 Å². The molecule has 2 heterocycles. The van der Waals surface area contributed by atoms with Crippen LogP contribution in [0.15, 0.2) is 70.9 Å². The Morgan fingerprint density at radius 3 is 2.79 bits per heavy atom. The molecule has 1 aromatic carbocycles. The van der Waals surface area contributed by atoms with Crippen LogP contribution in [-0.4, -0.2) is 15.8 Å². The van der Waals surface area contributed by atoms with E-state index < -0.39 is 10.8 Å². The summed E-state index contributed by atoms with van der Waals surface area (Å²) in [5.41, 5.74) is 0.867. The lowest BCUT2D eigenvalue weighted by Crippen LogP contribution is -2.23. The lowest BCUT2D eigenvalue weighted by atomic mass is 10.1. The van der Waals surface area contributed by atoms with E-state index >= 15 is 0 Å². The van der Waals surface area contributed by atoms with Gasteiger partial charge < -0.3 is 9.73 Å². The molecule has 0 saturated carbocycles. The number of hydrogen-bond acceptors (Lipinski definition) is 6. The van der Waals surface area contributed by atoms with Gasteiger partial charge in [0.25, 0.3) is 11.6 Å². The number of rotatable bonds is 6. The first-order valence-corrected chi connectivity index (χ1v) is 8.21. The van der Waals surface area contributed by atoms with Gasteiger partial charge in [0.2, 0.25) is 0 Å². The molecule has 1 amide bonds. The van der Waals surface area contributed by atoms with Crippen molar-refractivity contribution in [1.29, 1.82) is 5.26 Å². The van der Waals surface area contributed by atoms with Crippen LogP contribution in [-0.2, 0) is 11.3 Å². The molecule has 0 spiro atoms. The number of nitro benzene ring substituents is 1. The number of nitriles is 1. The number of pyridine rings is 1. The first kappa shape index (κ1) is 18.5. The first-order valence-electron chi connectivity index (χ1n) is 8.21. The predicted molar refractivity (Wildman–Crippen MR) is 100 cm³/mol. The lowest BCUT2D eigenvalue weighted by molar-refractivity contribution is -0.384. The summed E-state index contributed by atoms with van der Waals surface area (Å²) in [4.78, 5) is 26.8. The number of hydrogen-bond donors (Lipinski definition) is 1. The average Bonchev–Trinajstić information content (AvgIpc) is 3.19. The Balaban J connectivity index is 1.78. The maximum Gasteiger partial charge on any atom is 0.280 e. The molecule has 0 unspecified atom stereocenters. The van der Waals surface area contributed by atoms with E-state index in [1.54, 1.807) is 48.8 Å². The van der Waals surface area contributed by atoms with Crippen LogP contribution in [0.4, 0.5) is 5.69 Å². The Morgan fingerprint density at radius 1 is 1.25 bits per heavy atom. The van der Waals surface area contributed by atoms with E-state index in [1.807, 2.05) is 6.07 Å². The van der Waals surface area contributed by atoms with Gasteiger partial charge in [0, 0.05) is 31.1 Å². The fourth-order valence-electron chi connectivity index (χ4n) is 2.49. The molecule has 3 aromatic rings. The summed E-state index contributed by atoms with van der Waals surface area (Å²) in [6, 6.07) is 14.6. The number of nitrogens with one attached hydrogen (secondary N) is 1. The van der Waals surface area contributed by atoms with Gasteiger partial charge in [0.1, 0.15) is 23.2 Å². The van der Waals surface area contributed by atoms with Crippen molar-refractivity contribution in [2.75, 3.05) is 0 Å². The third-order valence-corrected chi connectivity index (χ3v) is 3.82. The van der Waals surface area contributed by atoms with Crippen molar-refractivity contribution in [3.8, 4) is 17.4 Å². The molecule has 0 atom stereocenters. The first-order chi connectivity index (χ1) is 13.6. The Morgan fingerprint density at radius 2 is 2.07 bits per heavy atom. The van der Waals surface area contributed by atoms with E-state index in [9.17, 15) is 20.2 Å². The zero-order chi connectivity index (χ0) is 19.9. The smallest absolute Gasteiger partial charge is 0.280 e. The van der Waals surface area contributed by atoms with Crippen molar-refractivity contribution in [2.45, 2.75) is 6.54 Å². The molecule has 2 aromatic heterocycles. The Hall–Kier alpha value is -4.25. The van der Waals surface area contributed by atoms with E-state index in [1.165, 1.54) is 18.2 Å². The van der Waals surface area contributed by atoms with Gasteiger partial charge in [-0.1, -0.05) is 18.2 Å². The second-order valence-corrected chi connectivity index (χ2v) is 5.69. The molecule has 8 heteroatoms. The zero-order valence-corrected chi connectivity index (χ0v) is 14.5. The van der Waals surface area contributed by atoms with Crippen molar-refractivity contribution in [2.24, 2.45) is 0 Å². The monoisotopic (exact) mass is 374 g/mol. The van der Waals surface area contributed by atoms with Crippen LogP contribution >= 0.6 is 0 Å². The molecule has 0 bridgehead atoms. The number of furan rings is 1. The minimum atomic E-state index is -0.560. The third kappa shape index (κ3) is 4.28. The highest BCUT2D eigenvalue weighted by atomic mass is 16.6. The van der Waals surface area contributed by atoms with Gasteiger partial charge in [-0.3, -0.25) is 19.9 Å². The summed E-state index contributed by atoms with van der Waals surface area (Å²) < 4.78 is 5.58. The third-order valence-electron chi connectivity index (χ3n) is 3.82. The lowest BCUT2D eigenvalue weighted by Gasteiger charge is -2.03. The number of carbonyl (C=O) groups excluding carboxylic acids is 1. The van der Waals surface area contributed by atoms with Crippen molar-refractivity contribution in [3.05, 3.63) is 87.9 Å². The second-order valence-electron chi connectivity index (χ2n) is 5.69. The Labute approximate surface area is 159 Å². The van der Waals surface area contributed by atoms with Gasteiger partial charge >= 0.3 is 0 Å². The number of aromatic nitrogens is 1. The van der Waals surface area contributed by atoms with Crippen LogP contribution in [0.5, 0.6) is 0 Å². The molecule has 0 radical (unpaired) electrons. The number of amides is 1. The maximum absolute atomic E-state index is 12.2. The van der Waals surface area contributed by atoms with Gasteiger partial charge in [-0.25, -0.2) is 0 Å². The van der Waals surface area contributed by atoms with Gasteiger partial charge in [0.05, 0.1) is 10.5 Å². The summed E-state index contributed by atoms with van der Waals surface area (Å²) >= 11 is 0. The van der Waals surface area contributed by atoms with Crippen LogP contribution in [0.25, 0.3) is 17.4 Å². The number of nitrogens with zero attached hydrogens (tertiary/aromatic N) is 3. The largest absolute Gasteiger partial charge is 0.456 e. The maximum atomic E-state index is 12.2. The number of nitro groups is 1. The molecule has 3 rings (SSSR count). The minimum Gasteiger partial charge on any atom is -0.456 e. The molecular weight excluding hydrogens is 360 g/mol. The van der Waals surface area contributed by atoms with Crippen LogP contribution < -0.4 is 5.32 Å². The minimum absolute atomic E-state index is 0.0953. The molecule has 1 N–H and O–H groups in total. The number of carbonyl (C=O) groups is 1. The highest BCUT2D eigenvalue weighted by Crippen LogP contribution is 2.31. The van der Waals surface area contributed by atoms with Gasteiger partial charge in [-0.05, 0) is 29.8 Å². The molecule has 0 aliphatic heterocycles. The van der Waals surface area contributed by atoms with E-state index in [0.717, 1.165) is 5.56 Å². The highest BCUT2D eigenvalue weighted by Gasteiger charge is 2.17. The molecule has 0 aliphatic carbocycles. The quantitative estimate of drug-likeness (QED) is 0.305. The molecule has 8 nitrogen and oxygen atoms in total. The predicted octanol–water partition coefficient (Wildman–Crippen LogP) is 3.47. The average molecular weight is 374 g/mol. The van der Waals surface area contributed by atoms with E-state index in [-0.39, 0.29) is 29.3 Å². The van der Waals surface area contributed by atoms with E-state index in [2.05, 4.69) is 10.3 Å². The number of benzene rings is 1. The summed E-state index contributed by atoms with van der Waals surface area (Å²) in [6.45, 7) is 0.227. The van der Waals surface area contributed by atoms with Gasteiger partial charge in [-0.2, -0.15) is 5.26 Å². The summed E-state index contributed by atoms with van der Waals surface area (Å²) in [5.74, 6) is -0.0529. The van der Waals surface area contributed by atoms with Crippen LogP contribution in [0.2, 0.25) is 0 Å². The summed E-state index contributed by atoms with van der Waals surface area (Å²) in [6.07, 6.45) is 4.52. The van der Waals surface area contributed by atoms with Gasteiger partial charge in [-0.15, -0.1) is 0 Å². The molecule has 138 valence electrons. The van der Waals surface area contributed by atoms with Crippen LogP contribution in [0, 0.1) is 21.4 Å². The normalized spacial score (nSPS) is 10.9. The standard InChI is InChI=1S/C20H14N4O4/c21-11-15(20(25)23-13-14-4-3-9-22-12-14)10-16-7-8-19(28-16)17-5-1-2-6-18(17)24(26)27/h1-10,12H,13H2,(H,23,25)/b15-10+. The van der Waals surface area contributed by atoms with Gasteiger partial charge in [0.15, 0.2) is 0 Å².